The van der Waals surface area contributed by atoms with Crippen molar-refractivity contribution in [3.8, 4) is 5.75 Å². The van der Waals surface area contributed by atoms with Crippen LogP contribution in [-0.2, 0) is 4.74 Å². The maximum Gasteiger partial charge on any atom is 0.341 e. The Labute approximate surface area is 88.7 Å². The average Bonchev–Trinajstić information content (AvgIpc) is 2.17. The third-order valence-corrected chi connectivity index (χ3v) is 1.97. The van der Waals surface area contributed by atoms with Gasteiger partial charge < -0.3 is 15.6 Å². The highest BCUT2D eigenvalue weighted by atomic mass is 16.5. The van der Waals surface area contributed by atoms with Gasteiger partial charge in [0.1, 0.15) is 11.3 Å². The number of carbonyl (C=O) groups excluding carboxylic acids is 1. The Balaban J connectivity index is 2.65. The Morgan fingerprint density at radius 2 is 2.27 bits per heavy atom. The highest BCUT2D eigenvalue weighted by Crippen LogP contribution is 2.20. The fourth-order valence-corrected chi connectivity index (χ4v) is 1.11. The first-order valence-electron chi connectivity index (χ1n) is 4.90. The zero-order chi connectivity index (χ0) is 11.3. The van der Waals surface area contributed by atoms with E-state index >= 15 is 0 Å². The predicted molar refractivity (Wildman–Crippen MR) is 57.7 cm³/mol. The largest absolute Gasteiger partial charge is 0.507 e. The molecule has 82 valence electrons. The first-order valence-corrected chi connectivity index (χ1v) is 4.90. The number of hydrogen-bond donors (Lipinski definition) is 2. The van der Waals surface area contributed by atoms with E-state index in [9.17, 15) is 9.90 Å². The number of carbonyl (C=O) groups is 1. The van der Waals surface area contributed by atoms with Crippen molar-refractivity contribution >= 4 is 11.7 Å². The van der Waals surface area contributed by atoms with E-state index in [2.05, 4.69) is 0 Å². The molecule has 0 aromatic heterocycles. The second-order valence-electron chi connectivity index (χ2n) is 3.27. The van der Waals surface area contributed by atoms with Crippen LogP contribution in [0.25, 0.3) is 0 Å². The van der Waals surface area contributed by atoms with Gasteiger partial charge in [0.05, 0.1) is 6.61 Å². The van der Waals surface area contributed by atoms with Crippen LogP contribution in [0.3, 0.4) is 0 Å². The Morgan fingerprint density at radius 3 is 2.87 bits per heavy atom. The molecule has 0 heterocycles. The number of rotatable bonds is 4. The van der Waals surface area contributed by atoms with Crippen LogP contribution in [0.4, 0.5) is 5.69 Å². The van der Waals surface area contributed by atoms with Crippen LogP contribution >= 0.6 is 0 Å². The topological polar surface area (TPSA) is 72.5 Å². The SMILES string of the molecule is CCCCOC(=O)c1ccc(N)cc1O. The number of benzene rings is 1. The summed E-state index contributed by atoms with van der Waals surface area (Å²) in [7, 11) is 0. The lowest BCUT2D eigenvalue weighted by Gasteiger charge is -2.05. The zero-order valence-corrected chi connectivity index (χ0v) is 8.69. The fraction of sp³-hybridized carbons (Fsp3) is 0.364. The van der Waals surface area contributed by atoms with Gasteiger partial charge in [0, 0.05) is 11.8 Å². The summed E-state index contributed by atoms with van der Waals surface area (Å²) >= 11 is 0. The standard InChI is InChI=1S/C11H15NO3/c1-2-3-6-15-11(14)9-5-4-8(12)7-10(9)13/h4-5,7,13H,2-3,6,12H2,1H3. The van der Waals surface area contributed by atoms with Crippen LogP contribution in [-0.4, -0.2) is 17.7 Å². The molecule has 4 heteroatoms. The maximum absolute atomic E-state index is 11.4. The summed E-state index contributed by atoms with van der Waals surface area (Å²) in [5.41, 5.74) is 6.00. The van der Waals surface area contributed by atoms with Gasteiger partial charge in [-0.25, -0.2) is 4.79 Å². The second kappa shape index (κ2) is 5.24. The molecule has 0 saturated carbocycles. The number of nitrogens with two attached hydrogens (primary N) is 1. The van der Waals surface area contributed by atoms with Gasteiger partial charge in [-0.3, -0.25) is 0 Å². The number of phenols is 1. The van der Waals surface area contributed by atoms with Crippen molar-refractivity contribution in [3.05, 3.63) is 23.8 Å². The zero-order valence-electron chi connectivity index (χ0n) is 8.69. The molecule has 15 heavy (non-hydrogen) atoms. The molecule has 0 unspecified atom stereocenters. The summed E-state index contributed by atoms with van der Waals surface area (Å²) in [5.74, 6) is -0.655. The third kappa shape index (κ3) is 3.16. The molecule has 0 fully saturated rings. The minimum atomic E-state index is -0.513. The second-order valence-corrected chi connectivity index (χ2v) is 3.27. The molecule has 0 spiro atoms. The summed E-state index contributed by atoms with van der Waals surface area (Å²) in [4.78, 5) is 11.4. The van der Waals surface area contributed by atoms with Crippen molar-refractivity contribution in [2.45, 2.75) is 19.8 Å². The lowest BCUT2D eigenvalue weighted by Crippen LogP contribution is -2.06. The number of anilines is 1. The lowest BCUT2D eigenvalue weighted by atomic mass is 10.2. The number of unbranched alkanes of at least 4 members (excludes halogenated alkanes) is 1. The van der Waals surface area contributed by atoms with Gasteiger partial charge in [0.25, 0.3) is 0 Å². The third-order valence-electron chi connectivity index (χ3n) is 1.97. The fourth-order valence-electron chi connectivity index (χ4n) is 1.11. The maximum atomic E-state index is 11.4. The molecule has 0 atom stereocenters. The Bertz CT molecular complexity index is 350. The van der Waals surface area contributed by atoms with E-state index in [0.717, 1.165) is 12.8 Å². The van der Waals surface area contributed by atoms with E-state index in [-0.39, 0.29) is 11.3 Å². The van der Waals surface area contributed by atoms with Gasteiger partial charge in [-0.2, -0.15) is 0 Å². The monoisotopic (exact) mass is 209 g/mol. The molecular weight excluding hydrogens is 194 g/mol. The molecular formula is C11H15NO3. The lowest BCUT2D eigenvalue weighted by molar-refractivity contribution is 0.0496. The van der Waals surface area contributed by atoms with Crippen LogP contribution in [0.5, 0.6) is 5.75 Å². The highest BCUT2D eigenvalue weighted by Gasteiger charge is 2.11. The summed E-state index contributed by atoms with van der Waals surface area (Å²) in [6.07, 6.45) is 1.78. The number of nitrogen functional groups attached to an aromatic ring is 1. The molecule has 4 nitrogen and oxygen atoms in total. The van der Waals surface area contributed by atoms with Crippen molar-refractivity contribution in [1.29, 1.82) is 0 Å². The van der Waals surface area contributed by atoms with Crippen molar-refractivity contribution in [3.63, 3.8) is 0 Å². The summed E-state index contributed by atoms with van der Waals surface area (Å²) in [5, 5.41) is 9.44. The van der Waals surface area contributed by atoms with E-state index in [4.69, 9.17) is 10.5 Å². The molecule has 0 aliphatic rings. The first-order chi connectivity index (χ1) is 7.15. The van der Waals surface area contributed by atoms with Gasteiger partial charge in [-0.1, -0.05) is 13.3 Å². The van der Waals surface area contributed by atoms with Gasteiger partial charge in [-0.15, -0.1) is 0 Å². The molecule has 3 N–H and O–H groups in total. The van der Waals surface area contributed by atoms with Gasteiger partial charge in [0.15, 0.2) is 0 Å². The van der Waals surface area contributed by atoms with Crippen molar-refractivity contribution < 1.29 is 14.6 Å². The number of ether oxygens (including phenoxy) is 1. The molecule has 0 bridgehead atoms. The van der Waals surface area contributed by atoms with E-state index < -0.39 is 5.97 Å². The molecule has 1 aromatic carbocycles. The minimum Gasteiger partial charge on any atom is -0.507 e. The number of phenolic OH excluding ortho intramolecular Hbond substituents is 1. The number of aromatic hydroxyl groups is 1. The van der Waals surface area contributed by atoms with Crippen molar-refractivity contribution in [1.82, 2.24) is 0 Å². The number of esters is 1. The van der Waals surface area contributed by atoms with E-state index in [1.54, 1.807) is 6.07 Å². The minimum absolute atomic E-state index is 0.142. The Hall–Kier alpha value is -1.71. The van der Waals surface area contributed by atoms with Crippen LogP contribution in [0.1, 0.15) is 30.1 Å². The van der Waals surface area contributed by atoms with Crippen LogP contribution in [0.2, 0.25) is 0 Å². The van der Waals surface area contributed by atoms with E-state index in [0.29, 0.717) is 12.3 Å². The number of hydrogen-bond acceptors (Lipinski definition) is 4. The molecule has 0 saturated heterocycles. The quantitative estimate of drug-likeness (QED) is 0.451. The van der Waals surface area contributed by atoms with E-state index in [1.807, 2.05) is 6.92 Å². The summed E-state index contributed by atoms with van der Waals surface area (Å²) in [6.45, 7) is 2.38. The first kappa shape index (κ1) is 11.4. The predicted octanol–water partition coefficient (Wildman–Crippen LogP) is 1.93. The molecule has 0 aliphatic carbocycles. The van der Waals surface area contributed by atoms with Crippen molar-refractivity contribution in [2.75, 3.05) is 12.3 Å². The summed E-state index contributed by atoms with van der Waals surface area (Å²) < 4.78 is 4.95. The highest BCUT2D eigenvalue weighted by molar-refractivity contribution is 5.92. The molecule has 0 radical (unpaired) electrons. The summed E-state index contributed by atoms with van der Waals surface area (Å²) in [6, 6.07) is 4.34. The van der Waals surface area contributed by atoms with Crippen LogP contribution in [0, 0.1) is 0 Å². The van der Waals surface area contributed by atoms with Gasteiger partial charge in [-0.05, 0) is 18.6 Å². The molecule has 0 amide bonds. The van der Waals surface area contributed by atoms with Gasteiger partial charge >= 0.3 is 5.97 Å². The molecule has 1 aromatic rings. The molecule has 1 rings (SSSR count). The van der Waals surface area contributed by atoms with Crippen molar-refractivity contribution in [2.24, 2.45) is 0 Å². The van der Waals surface area contributed by atoms with E-state index in [1.165, 1.54) is 12.1 Å². The smallest absolute Gasteiger partial charge is 0.341 e. The Kier molecular flexibility index (Phi) is 3.97. The van der Waals surface area contributed by atoms with Crippen LogP contribution in [0.15, 0.2) is 18.2 Å². The van der Waals surface area contributed by atoms with Gasteiger partial charge in [0.2, 0.25) is 0 Å². The average molecular weight is 209 g/mol. The normalized spacial score (nSPS) is 9.93. The molecule has 0 aliphatic heterocycles. The van der Waals surface area contributed by atoms with Crippen LogP contribution < -0.4 is 5.73 Å². The Morgan fingerprint density at radius 1 is 1.53 bits per heavy atom.